The van der Waals surface area contributed by atoms with Crippen molar-refractivity contribution in [3.63, 3.8) is 0 Å². The van der Waals surface area contributed by atoms with E-state index in [0.717, 1.165) is 30.7 Å². The fourth-order valence-corrected chi connectivity index (χ4v) is 3.12. The molecule has 0 spiro atoms. The van der Waals surface area contributed by atoms with Crippen LogP contribution in [0.2, 0.25) is 0 Å². The minimum absolute atomic E-state index is 0.253. The number of rotatable bonds is 9. The molecule has 0 saturated heterocycles. The summed E-state index contributed by atoms with van der Waals surface area (Å²) in [6.45, 7) is 9.38. The van der Waals surface area contributed by atoms with Crippen LogP contribution in [0.4, 0.5) is 13.2 Å². The van der Waals surface area contributed by atoms with Crippen molar-refractivity contribution in [2.24, 2.45) is 0 Å². The second-order valence-electron chi connectivity index (χ2n) is 7.04. The SMILES string of the molecule is C=C(/C=C\C(=C/CCl)C(F)(F)F)C(C)n1nnc(-c2cc(=O)[nH]c(C)n2)c1CCCC. The fourth-order valence-electron chi connectivity index (χ4n) is 2.96. The van der Waals surface area contributed by atoms with Gasteiger partial charge < -0.3 is 4.98 Å². The molecular formula is C21H25ClF3N5O. The molecule has 0 saturated carbocycles. The highest BCUT2D eigenvalue weighted by atomic mass is 35.5. The molecule has 2 rings (SSSR count). The van der Waals surface area contributed by atoms with Gasteiger partial charge in [-0.3, -0.25) is 4.79 Å². The third-order valence-corrected chi connectivity index (χ3v) is 4.82. The van der Waals surface area contributed by atoms with E-state index in [4.69, 9.17) is 11.6 Å². The molecule has 0 amide bonds. The summed E-state index contributed by atoms with van der Waals surface area (Å²) in [5.74, 6) is 0.196. The van der Waals surface area contributed by atoms with Gasteiger partial charge in [-0.1, -0.05) is 37.3 Å². The van der Waals surface area contributed by atoms with Gasteiger partial charge in [-0.05, 0) is 38.3 Å². The molecule has 168 valence electrons. The zero-order valence-corrected chi connectivity index (χ0v) is 18.4. The number of unbranched alkanes of at least 4 members (excludes halogenated alkanes) is 1. The highest BCUT2D eigenvalue weighted by Crippen LogP contribution is 2.29. The summed E-state index contributed by atoms with van der Waals surface area (Å²) in [6.07, 6.45) is 1.02. The van der Waals surface area contributed by atoms with Gasteiger partial charge in [-0.2, -0.15) is 13.2 Å². The van der Waals surface area contributed by atoms with Crippen molar-refractivity contribution in [1.29, 1.82) is 0 Å². The first-order valence-electron chi connectivity index (χ1n) is 9.81. The normalized spacial score (nSPS) is 13.7. The first kappa shape index (κ1) is 24.6. The summed E-state index contributed by atoms with van der Waals surface area (Å²) in [7, 11) is 0. The summed E-state index contributed by atoms with van der Waals surface area (Å²) in [5.41, 5.74) is 0.887. The van der Waals surface area contributed by atoms with Crippen LogP contribution in [0.25, 0.3) is 11.4 Å². The number of aromatic nitrogens is 5. The Kier molecular flexibility index (Phi) is 8.38. The van der Waals surface area contributed by atoms with Crippen molar-refractivity contribution < 1.29 is 13.2 Å². The Morgan fingerprint density at radius 3 is 2.68 bits per heavy atom. The third-order valence-electron chi connectivity index (χ3n) is 4.67. The van der Waals surface area contributed by atoms with Crippen LogP contribution < -0.4 is 5.56 Å². The summed E-state index contributed by atoms with van der Waals surface area (Å²) >= 11 is 5.44. The van der Waals surface area contributed by atoms with Crippen molar-refractivity contribution in [2.45, 2.75) is 52.3 Å². The number of aromatic amines is 1. The Morgan fingerprint density at radius 2 is 2.10 bits per heavy atom. The third kappa shape index (κ3) is 6.40. The standard InChI is InChI=1S/C21H25ClF3N5O/c1-5-6-7-18-20(17-12-19(31)27-15(4)26-17)28-29-30(18)14(3)13(2)8-9-16(10-11-22)21(23,24)25/h8-10,12,14H,2,5-7,11H2,1,3-4H3,(H,26,27,31)/b9-8-,16-10+. The lowest BCUT2D eigenvalue weighted by Gasteiger charge is -2.16. The maximum absolute atomic E-state index is 13.1. The highest BCUT2D eigenvalue weighted by molar-refractivity contribution is 6.19. The minimum atomic E-state index is -4.51. The molecule has 10 heteroatoms. The first-order chi connectivity index (χ1) is 14.6. The Balaban J connectivity index is 2.41. The minimum Gasteiger partial charge on any atom is -0.311 e. The predicted octanol–water partition coefficient (Wildman–Crippen LogP) is 5.08. The van der Waals surface area contributed by atoms with Crippen LogP contribution in [0.5, 0.6) is 0 Å². The van der Waals surface area contributed by atoms with Gasteiger partial charge >= 0.3 is 6.18 Å². The Labute approximate surface area is 183 Å². The second kappa shape index (κ2) is 10.6. The van der Waals surface area contributed by atoms with Gasteiger partial charge in [0.2, 0.25) is 0 Å². The Morgan fingerprint density at radius 1 is 1.39 bits per heavy atom. The molecular weight excluding hydrogens is 431 g/mol. The number of allylic oxidation sites excluding steroid dienone is 5. The van der Waals surface area contributed by atoms with Gasteiger partial charge in [0, 0.05) is 11.9 Å². The number of halogens is 4. The molecule has 0 aliphatic carbocycles. The van der Waals surface area contributed by atoms with Crippen LogP contribution in [0, 0.1) is 6.92 Å². The summed E-state index contributed by atoms with van der Waals surface area (Å²) in [6, 6.07) is 0.890. The lowest BCUT2D eigenvalue weighted by molar-refractivity contribution is -0.0883. The quantitative estimate of drug-likeness (QED) is 0.422. The zero-order valence-electron chi connectivity index (χ0n) is 17.6. The maximum Gasteiger partial charge on any atom is 0.416 e. The topological polar surface area (TPSA) is 76.5 Å². The molecule has 31 heavy (non-hydrogen) atoms. The number of aryl methyl sites for hydroxylation is 1. The maximum atomic E-state index is 13.1. The molecule has 0 bridgehead atoms. The van der Waals surface area contributed by atoms with E-state index in [1.807, 2.05) is 6.92 Å². The van der Waals surface area contributed by atoms with Crippen LogP contribution in [0.1, 0.15) is 44.2 Å². The van der Waals surface area contributed by atoms with Crippen LogP contribution in [-0.4, -0.2) is 37.0 Å². The van der Waals surface area contributed by atoms with E-state index in [2.05, 4.69) is 26.9 Å². The van der Waals surface area contributed by atoms with Crippen molar-refractivity contribution in [3.8, 4) is 11.4 Å². The largest absolute Gasteiger partial charge is 0.416 e. The van der Waals surface area contributed by atoms with E-state index >= 15 is 0 Å². The monoisotopic (exact) mass is 455 g/mol. The van der Waals surface area contributed by atoms with Crippen molar-refractivity contribution in [2.75, 3.05) is 5.88 Å². The van der Waals surface area contributed by atoms with Gasteiger partial charge in [0.15, 0.2) is 0 Å². The van der Waals surface area contributed by atoms with Gasteiger partial charge in [-0.25, -0.2) is 9.67 Å². The van der Waals surface area contributed by atoms with Gasteiger partial charge in [0.1, 0.15) is 17.2 Å². The van der Waals surface area contributed by atoms with E-state index in [0.29, 0.717) is 29.2 Å². The van der Waals surface area contributed by atoms with Crippen LogP contribution in [0.3, 0.4) is 0 Å². The predicted molar refractivity (Wildman–Crippen MR) is 115 cm³/mol. The van der Waals surface area contributed by atoms with Gasteiger partial charge in [0.05, 0.1) is 17.3 Å². The molecule has 1 N–H and O–H groups in total. The molecule has 2 aromatic rings. The van der Waals surface area contributed by atoms with Gasteiger partial charge in [0.25, 0.3) is 5.56 Å². The second-order valence-corrected chi connectivity index (χ2v) is 7.35. The Hall–Kier alpha value is -2.68. The fraction of sp³-hybridized carbons (Fsp3) is 0.429. The Bertz CT molecular complexity index is 1040. The molecule has 1 unspecified atom stereocenters. The lowest BCUT2D eigenvalue weighted by atomic mass is 10.1. The van der Waals surface area contributed by atoms with E-state index in [9.17, 15) is 18.0 Å². The van der Waals surface area contributed by atoms with E-state index in [1.54, 1.807) is 18.5 Å². The summed E-state index contributed by atoms with van der Waals surface area (Å²) in [4.78, 5) is 18.8. The smallest absolute Gasteiger partial charge is 0.311 e. The average molecular weight is 456 g/mol. The molecule has 0 fully saturated rings. The number of hydrogen-bond donors (Lipinski definition) is 1. The van der Waals surface area contributed by atoms with E-state index < -0.39 is 17.8 Å². The van der Waals surface area contributed by atoms with Gasteiger partial charge in [-0.15, -0.1) is 16.7 Å². The van der Waals surface area contributed by atoms with Crippen molar-refractivity contribution in [3.05, 3.63) is 63.9 Å². The summed E-state index contributed by atoms with van der Waals surface area (Å²) < 4.78 is 40.8. The molecule has 2 heterocycles. The highest BCUT2D eigenvalue weighted by Gasteiger charge is 2.31. The zero-order chi connectivity index (χ0) is 23.2. The molecule has 1 atom stereocenters. The number of hydrogen-bond acceptors (Lipinski definition) is 4. The van der Waals surface area contributed by atoms with Crippen molar-refractivity contribution >= 4 is 11.6 Å². The van der Waals surface area contributed by atoms with E-state index in [1.165, 1.54) is 12.1 Å². The average Bonchev–Trinajstić information content (AvgIpc) is 3.10. The van der Waals surface area contributed by atoms with Crippen LogP contribution >= 0.6 is 11.6 Å². The summed E-state index contributed by atoms with van der Waals surface area (Å²) in [5, 5.41) is 8.41. The van der Waals surface area contributed by atoms with Crippen LogP contribution in [-0.2, 0) is 6.42 Å². The molecule has 0 aromatic carbocycles. The number of nitrogens with one attached hydrogen (secondary N) is 1. The number of alkyl halides is 4. The lowest BCUT2D eigenvalue weighted by Crippen LogP contribution is -2.14. The molecule has 2 aromatic heterocycles. The molecule has 0 aliphatic rings. The van der Waals surface area contributed by atoms with Crippen LogP contribution in [0.15, 0.2) is 46.8 Å². The molecule has 0 radical (unpaired) electrons. The van der Waals surface area contributed by atoms with E-state index in [-0.39, 0.29) is 11.4 Å². The molecule has 6 nitrogen and oxygen atoms in total. The number of nitrogens with zero attached hydrogens (tertiary/aromatic N) is 4. The molecule has 0 aliphatic heterocycles. The number of H-pyrrole nitrogens is 1. The van der Waals surface area contributed by atoms with Crippen molar-refractivity contribution in [1.82, 2.24) is 25.0 Å². The first-order valence-corrected chi connectivity index (χ1v) is 10.3.